The lowest BCUT2D eigenvalue weighted by Crippen LogP contribution is -2.13. The van der Waals surface area contributed by atoms with Crippen LogP contribution in [0.15, 0.2) is 65.4 Å². The molecular weight excluding hydrogens is 361 g/mol. The van der Waals surface area contributed by atoms with Crippen molar-refractivity contribution in [1.29, 1.82) is 0 Å². The molecule has 0 aliphatic carbocycles. The summed E-state index contributed by atoms with van der Waals surface area (Å²) in [5.74, 6) is -0.205. The van der Waals surface area contributed by atoms with Crippen LogP contribution in [0.4, 0.5) is 10.1 Å². The topological polar surface area (TPSA) is 54.9 Å². The van der Waals surface area contributed by atoms with Crippen molar-refractivity contribution in [2.45, 2.75) is 0 Å². The second kappa shape index (κ2) is 6.66. The Morgan fingerprint density at radius 2 is 1.74 bits per heavy atom. The summed E-state index contributed by atoms with van der Waals surface area (Å²) in [5.41, 5.74) is 1.69. The van der Waals surface area contributed by atoms with Crippen LogP contribution in [0.25, 0.3) is 11.4 Å². The van der Waals surface area contributed by atoms with E-state index in [0.717, 1.165) is 5.56 Å². The third kappa shape index (κ3) is 3.60. The van der Waals surface area contributed by atoms with Gasteiger partial charge in [0.05, 0.1) is 23.6 Å². The van der Waals surface area contributed by atoms with Gasteiger partial charge in [0, 0.05) is 10.0 Å². The SMILES string of the molecule is O=C(Nc1cnc(-c2ccccc2)nc1)c1ccc(F)cc1Br. The van der Waals surface area contributed by atoms with Crippen LogP contribution in [-0.4, -0.2) is 15.9 Å². The predicted molar refractivity (Wildman–Crippen MR) is 89.5 cm³/mol. The number of nitrogens with one attached hydrogen (secondary N) is 1. The minimum Gasteiger partial charge on any atom is -0.319 e. The van der Waals surface area contributed by atoms with Gasteiger partial charge in [-0.2, -0.15) is 0 Å². The second-order valence-electron chi connectivity index (χ2n) is 4.74. The third-order valence-corrected chi connectivity index (χ3v) is 3.77. The highest BCUT2D eigenvalue weighted by atomic mass is 79.9. The normalized spacial score (nSPS) is 10.3. The first-order valence-corrected chi connectivity index (χ1v) is 7.56. The molecule has 0 radical (unpaired) electrons. The molecule has 0 fully saturated rings. The standard InChI is InChI=1S/C17H11BrFN3O/c18-15-8-12(19)6-7-14(15)17(23)22-13-9-20-16(21-10-13)11-4-2-1-3-5-11/h1-10H,(H,22,23). The Morgan fingerprint density at radius 3 is 2.39 bits per heavy atom. The molecule has 0 saturated heterocycles. The summed E-state index contributed by atoms with van der Waals surface area (Å²) in [4.78, 5) is 20.7. The molecule has 3 aromatic rings. The van der Waals surface area contributed by atoms with Gasteiger partial charge in [0.15, 0.2) is 5.82 Å². The highest BCUT2D eigenvalue weighted by Gasteiger charge is 2.11. The molecule has 0 saturated carbocycles. The van der Waals surface area contributed by atoms with Crippen LogP contribution in [0.1, 0.15) is 10.4 Å². The summed E-state index contributed by atoms with van der Waals surface area (Å²) in [5, 5.41) is 2.68. The quantitative estimate of drug-likeness (QED) is 0.746. The lowest BCUT2D eigenvalue weighted by molar-refractivity contribution is 0.102. The van der Waals surface area contributed by atoms with Crippen molar-refractivity contribution < 1.29 is 9.18 Å². The fraction of sp³-hybridized carbons (Fsp3) is 0. The van der Waals surface area contributed by atoms with Crippen LogP contribution < -0.4 is 5.32 Å². The smallest absolute Gasteiger partial charge is 0.256 e. The summed E-state index contributed by atoms with van der Waals surface area (Å²) in [6, 6.07) is 13.4. The number of amides is 1. The first-order chi connectivity index (χ1) is 11.1. The predicted octanol–water partition coefficient (Wildman–Crippen LogP) is 4.30. The van der Waals surface area contributed by atoms with Crippen LogP contribution in [0.3, 0.4) is 0 Å². The zero-order chi connectivity index (χ0) is 16.2. The minimum absolute atomic E-state index is 0.332. The molecule has 0 bridgehead atoms. The highest BCUT2D eigenvalue weighted by molar-refractivity contribution is 9.10. The minimum atomic E-state index is -0.413. The Labute approximate surface area is 140 Å². The third-order valence-electron chi connectivity index (χ3n) is 3.12. The van der Waals surface area contributed by atoms with Crippen molar-refractivity contribution in [3.05, 3.63) is 76.8 Å². The van der Waals surface area contributed by atoms with Gasteiger partial charge >= 0.3 is 0 Å². The van der Waals surface area contributed by atoms with E-state index in [1.165, 1.54) is 30.6 Å². The number of rotatable bonds is 3. The highest BCUT2D eigenvalue weighted by Crippen LogP contribution is 2.20. The molecule has 3 rings (SSSR count). The molecule has 0 unspecified atom stereocenters. The molecule has 114 valence electrons. The van der Waals surface area contributed by atoms with Gasteiger partial charge in [-0.25, -0.2) is 14.4 Å². The van der Waals surface area contributed by atoms with E-state index in [1.54, 1.807) is 0 Å². The van der Waals surface area contributed by atoms with Gasteiger partial charge in [0.2, 0.25) is 0 Å². The molecule has 0 atom stereocenters. The van der Waals surface area contributed by atoms with Crippen molar-refractivity contribution >= 4 is 27.5 Å². The van der Waals surface area contributed by atoms with Crippen LogP contribution in [0.5, 0.6) is 0 Å². The van der Waals surface area contributed by atoms with E-state index in [0.29, 0.717) is 21.5 Å². The van der Waals surface area contributed by atoms with Gasteiger partial charge < -0.3 is 5.32 Å². The molecule has 6 heteroatoms. The average molecular weight is 372 g/mol. The van der Waals surface area contributed by atoms with E-state index in [4.69, 9.17) is 0 Å². The lowest BCUT2D eigenvalue weighted by atomic mass is 10.2. The van der Waals surface area contributed by atoms with Gasteiger partial charge in [-0.15, -0.1) is 0 Å². The lowest BCUT2D eigenvalue weighted by Gasteiger charge is -2.07. The van der Waals surface area contributed by atoms with Gasteiger partial charge in [-0.05, 0) is 34.1 Å². The maximum Gasteiger partial charge on any atom is 0.256 e. The number of halogens is 2. The average Bonchev–Trinajstić information content (AvgIpc) is 2.56. The number of aromatic nitrogens is 2. The summed E-state index contributed by atoms with van der Waals surface area (Å²) in [7, 11) is 0. The monoisotopic (exact) mass is 371 g/mol. The number of hydrogen-bond acceptors (Lipinski definition) is 3. The van der Waals surface area contributed by atoms with Crippen molar-refractivity contribution in [2.24, 2.45) is 0 Å². The maximum absolute atomic E-state index is 13.1. The molecule has 1 amide bonds. The van der Waals surface area contributed by atoms with E-state index in [2.05, 4.69) is 31.2 Å². The zero-order valence-electron chi connectivity index (χ0n) is 11.8. The largest absolute Gasteiger partial charge is 0.319 e. The van der Waals surface area contributed by atoms with Crippen LogP contribution in [-0.2, 0) is 0 Å². The van der Waals surface area contributed by atoms with Crippen LogP contribution in [0, 0.1) is 5.82 Å². The first-order valence-electron chi connectivity index (χ1n) is 6.77. The van der Waals surface area contributed by atoms with Crippen molar-refractivity contribution in [3.63, 3.8) is 0 Å². The summed E-state index contributed by atoms with van der Waals surface area (Å²) in [6.45, 7) is 0. The fourth-order valence-corrected chi connectivity index (χ4v) is 2.53. The van der Waals surface area contributed by atoms with Crippen LogP contribution >= 0.6 is 15.9 Å². The second-order valence-corrected chi connectivity index (χ2v) is 5.59. The summed E-state index contributed by atoms with van der Waals surface area (Å²) < 4.78 is 13.4. The Hall–Kier alpha value is -2.60. The number of carbonyl (C=O) groups is 1. The van der Waals surface area contributed by atoms with E-state index >= 15 is 0 Å². The van der Waals surface area contributed by atoms with E-state index < -0.39 is 5.82 Å². The molecule has 1 N–H and O–H groups in total. The Balaban J connectivity index is 1.77. The molecule has 0 spiro atoms. The molecule has 2 aromatic carbocycles. The maximum atomic E-state index is 13.1. The summed E-state index contributed by atoms with van der Waals surface area (Å²) in [6.07, 6.45) is 3.06. The van der Waals surface area contributed by atoms with E-state index in [-0.39, 0.29) is 5.91 Å². The van der Waals surface area contributed by atoms with Crippen LogP contribution in [0.2, 0.25) is 0 Å². The Morgan fingerprint density at radius 1 is 1.04 bits per heavy atom. The summed E-state index contributed by atoms with van der Waals surface area (Å²) >= 11 is 3.17. The van der Waals surface area contributed by atoms with Gasteiger partial charge in [0.25, 0.3) is 5.91 Å². The Bertz CT molecular complexity index is 838. The van der Waals surface area contributed by atoms with Crippen molar-refractivity contribution in [2.75, 3.05) is 5.32 Å². The van der Waals surface area contributed by atoms with E-state index in [9.17, 15) is 9.18 Å². The molecule has 23 heavy (non-hydrogen) atoms. The molecule has 1 aromatic heterocycles. The number of nitrogens with zero attached hydrogens (tertiary/aromatic N) is 2. The fourth-order valence-electron chi connectivity index (χ4n) is 2.00. The molecular formula is C17H11BrFN3O. The van der Waals surface area contributed by atoms with Gasteiger partial charge in [0.1, 0.15) is 5.82 Å². The molecule has 4 nitrogen and oxygen atoms in total. The van der Waals surface area contributed by atoms with E-state index in [1.807, 2.05) is 30.3 Å². The molecule has 1 heterocycles. The van der Waals surface area contributed by atoms with Gasteiger partial charge in [-0.1, -0.05) is 30.3 Å². The molecule has 0 aliphatic rings. The van der Waals surface area contributed by atoms with Crippen molar-refractivity contribution in [1.82, 2.24) is 9.97 Å². The number of anilines is 1. The number of carbonyl (C=O) groups excluding carboxylic acids is 1. The number of hydrogen-bond donors (Lipinski definition) is 1. The first kappa shape index (κ1) is 15.3. The number of benzene rings is 2. The van der Waals surface area contributed by atoms with Crippen molar-refractivity contribution in [3.8, 4) is 11.4 Å². The Kier molecular flexibility index (Phi) is 4.43. The van der Waals surface area contributed by atoms with Gasteiger partial charge in [-0.3, -0.25) is 4.79 Å². The zero-order valence-corrected chi connectivity index (χ0v) is 13.4. The molecule has 0 aliphatic heterocycles.